The van der Waals surface area contributed by atoms with Crippen LogP contribution in [0.4, 0.5) is 5.69 Å². The van der Waals surface area contributed by atoms with Gasteiger partial charge in [-0.3, -0.25) is 4.79 Å². The van der Waals surface area contributed by atoms with Crippen molar-refractivity contribution < 1.29 is 22.7 Å². The molecule has 28 heavy (non-hydrogen) atoms. The van der Waals surface area contributed by atoms with E-state index in [0.29, 0.717) is 36.6 Å². The number of carbonyl (C=O) groups is 1. The Hall–Kier alpha value is -2.59. The largest absolute Gasteiger partial charge is 0.497 e. The number of methoxy groups -OCH3 is 2. The lowest BCUT2D eigenvalue weighted by molar-refractivity contribution is -0.120. The summed E-state index contributed by atoms with van der Waals surface area (Å²) < 4.78 is 39.0. The summed E-state index contributed by atoms with van der Waals surface area (Å²) in [5.74, 6) is 0.359. The molecule has 2 aromatic rings. The van der Waals surface area contributed by atoms with E-state index >= 15 is 0 Å². The molecule has 1 aliphatic heterocycles. The number of ether oxygens (including phenoxy) is 2. The molecule has 0 saturated carbocycles. The molecule has 0 spiro atoms. The van der Waals surface area contributed by atoms with Crippen LogP contribution in [-0.4, -0.2) is 55.5 Å². The molecule has 152 valence electrons. The summed E-state index contributed by atoms with van der Waals surface area (Å²) in [7, 11) is 1.03. The number of benzene rings is 1. The summed E-state index contributed by atoms with van der Waals surface area (Å²) in [6.07, 6.45) is 4.10. The van der Waals surface area contributed by atoms with Gasteiger partial charge in [0.05, 0.1) is 32.2 Å². The molecule has 0 aliphatic carbocycles. The SMILES string of the molecule is COc1ccc(OC)c(NC(=O)[C@@H]2CCCN(S(=O)(=O)c3cn(C)cn3)C2)c1. The molecule has 3 rings (SSSR count). The molecule has 0 bridgehead atoms. The first-order chi connectivity index (χ1) is 13.3. The Bertz CT molecular complexity index is 957. The molecule has 1 amide bonds. The van der Waals surface area contributed by atoms with Crippen molar-refractivity contribution >= 4 is 21.6 Å². The lowest BCUT2D eigenvalue weighted by atomic mass is 9.98. The number of nitrogens with one attached hydrogen (secondary N) is 1. The molecular weight excluding hydrogens is 384 g/mol. The number of anilines is 1. The second-order valence-corrected chi connectivity index (χ2v) is 8.52. The average Bonchev–Trinajstić information content (AvgIpc) is 3.15. The summed E-state index contributed by atoms with van der Waals surface area (Å²) >= 11 is 0. The Labute approximate surface area is 164 Å². The average molecular weight is 408 g/mol. The predicted octanol–water partition coefficient (Wildman–Crippen LogP) is 1.48. The van der Waals surface area contributed by atoms with Gasteiger partial charge in [-0.2, -0.15) is 4.31 Å². The summed E-state index contributed by atoms with van der Waals surface area (Å²) in [6, 6.07) is 5.10. The summed E-state index contributed by atoms with van der Waals surface area (Å²) in [5, 5.41) is 2.83. The van der Waals surface area contributed by atoms with Crippen LogP contribution in [-0.2, 0) is 21.9 Å². The monoisotopic (exact) mass is 408 g/mol. The van der Waals surface area contributed by atoms with Crippen molar-refractivity contribution in [3.05, 3.63) is 30.7 Å². The maximum atomic E-state index is 12.8. The highest BCUT2D eigenvalue weighted by molar-refractivity contribution is 7.89. The first-order valence-electron chi connectivity index (χ1n) is 8.86. The van der Waals surface area contributed by atoms with Gasteiger partial charge in [0, 0.05) is 32.4 Å². The van der Waals surface area contributed by atoms with E-state index in [9.17, 15) is 13.2 Å². The van der Waals surface area contributed by atoms with Gasteiger partial charge in [-0.15, -0.1) is 0 Å². The summed E-state index contributed by atoms with van der Waals surface area (Å²) in [4.78, 5) is 16.7. The van der Waals surface area contributed by atoms with E-state index in [1.807, 2.05) is 0 Å². The van der Waals surface area contributed by atoms with Crippen LogP contribution >= 0.6 is 0 Å². The van der Waals surface area contributed by atoms with Crippen LogP contribution < -0.4 is 14.8 Å². The van der Waals surface area contributed by atoms with Gasteiger partial charge in [-0.1, -0.05) is 0 Å². The van der Waals surface area contributed by atoms with E-state index in [-0.39, 0.29) is 17.5 Å². The molecule has 10 heteroatoms. The highest BCUT2D eigenvalue weighted by Gasteiger charge is 2.34. The minimum Gasteiger partial charge on any atom is -0.497 e. The lowest BCUT2D eigenvalue weighted by Gasteiger charge is -2.30. The number of imidazole rings is 1. The molecule has 1 atom stereocenters. The van der Waals surface area contributed by atoms with Crippen LogP contribution in [0.3, 0.4) is 0 Å². The zero-order valence-corrected chi connectivity index (χ0v) is 16.9. The van der Waals surface area contributed by atoms with Gasteiger partial charge in [0.2, 0.25) is 5.91 Å². The topological polar surface area (TPSA) is 103 Å². The maximum absolute atomic E-state index is 12.8. The minimum absolute atomic E-state index is 0.00877. The van der Waals surface area contributed by atoms with Crippen LogP contribution in [0.15, 0.2) is 35.7 Å². The third kappa shape index (κ3) is 4.12. The number of hydrogen-bond donors (Lipinski definition) is 1. The highest BCUT2D eigenvalue weighted by Crippen LogP contribution is 2.30. The smallest absolute Gasteiger partial charge is 0.262 e. The number of hydrogen-bond acceptors (Lipinski definition) is 6. The molecule has 1 aromatic carbocycles. The standard InChI is InChI=1S/C18H24N4O5S/c1-21-11-17(19-12-21)28(24,25)22-8-4-5-13(10-22)18(23)20-15-9-14(26-2)6-7-16(15)27-3/h6-7,9,11-13H,4-5,8,10H2,1-3H3,(H,20,23)/t13-/m1/s1. The molecule has 1 aliphatic rings. The van der Waals surface area contributed by atoms with E-state index in [4.69, 9.17) is 9.47 Å². The zero-order valence-electron chi connectivity index (χ0n) is 16.1. The van der Waals surface area contributed by atoms with E-state index in [1.54, 1.807) is 29.8 Å². The van der Waals surface area contributed by atoms with Crippen molar-refractivity contribution in [3.63, 3.8) is 0 Å². The van der Waals surface area contributed by atoms with Crippen LogP contribution in [0, 0.1) is 5.92 Å². The van der Waals surface area contributed by atoms with Crippen LogP contribution in [0.25, 0.3) is 0 Å². The van der Waals surface area contributed by atoms with Gasteiger partial charge in [0.25, 0.3) is 10.0 Å². The van der Waals surface area contributed by atoms with E-state index < -0.39 is 15.9 Å². The van der Waals surface area contributed by atoms with E-state index in [2.05, 4.69) is 10.3 Å². The van der Waals surface area contributed by atoms with Crippen molar-refractivity contribution in [1.29, 1.82) is 0 Å². The summed E-state index contributed by atoms with van der Waals surface area (Å²) in [5.41, 5.74) is 0.483. The first kappa shape index (κ1) is 20.2. The number of carbonyl (C=O) groups excluding carboxylic acids is 1. The number of rotatable bonds is 6. The molecule has 0 radical (unpaired) electrons. The molecule has 1 aromatic heterocycles. The lowest BCUT2D eigenvalue weighted by Crippen LogP contribution is -2.43. The molecule has 1 fully saturated rings. The quantitative estimate of drug-likeness (QED) is 0.777. The van der Waals surface area contributed by atoms with Crippen molar-refractivity contribution in [2.75, 3.05) is 32.6 Å². The Kier molecular flexibility index (Phi) is 5.90. The van der Waals surface area contributed by atoms with Gasteiger partial charge in [-0.05, 0) is 25.0 Å². The zero-order chi connectivity index (χ0) is 20.3. The fraction of sp³-hybridized carbons (Fsp3) is 0.444. The molecule has 2 heterocycles. The first-order valence-corrected chi connectivity index (χ1v) is 10.3. The van der Waals surface area contributed by atoms with E-state index in [0.717, 1.165) is 0 Å². The van der Waals surface area contributed by atoms with Crippen molar-refractivity contribution in [1.82, 2.24) is 13.9 Å². The molecule has 1 N–H and O–H groups in total. The normalized spacial score (nSPS) is 17.9. The third-order valence-corrected chi connectivity index (χ3v) is 6.46. The Morgan fingerprint density at radius 1 is 1.29 bits per heavy atom. The van der Waals surface area contributed by atoms with Gasteiger partial charge in [0.1, 0.15) is 11.5 Å². The Morgan fingerprint density at radius 2 is 2.07 bits per heavy atom. The fourth-order valence-corrected chi connectivity index (χ4v) is 4.67. The maximum Gasteiger partial charge on any atom is 0.262 e. The number of aromatic nitrogens is 2. The van der Waals surface area contributed by atoms with Crippen molar-refractivity contribution in [3.8, 4) is 11.5 Å². The molecule has 1 saturated heterocycles. The minimum atomic E-state index is -3.73. The molecule has 9 nitrogen and oxygen atoms in total. The van der Waals surface area contributed by atoms with Crippen LogP contribution in [0.1, 0.15) is 12.8 Å². The second kappa shape index (κ2) is 8.19. The molecule has 0 unspecified atom stereocenters. The highest BCUT2D eigenvalue weighted by atomic mass is 32.2. The van der Waals surface area contributed by atoms with Crippen LogP contribution in [0.2, 0.25) is 0 Å². The number of amides is 1. The predicted molar refractivity (Wildman–Crippen MR) is 103 cm³/mol. The Balaban J connectivity index is 1.75. The fourth-order valence-electron chi connectivity index (χ4n) is 3.18. The molecular formula is C18H24N4O5S. The summed E-state index contributed by atoms with van der Waals surface area (Å²) in [6.45, 7) is 0.474. The van der Waals surface area contributed by atoms with Gasteiger partial charge < -0.3 is 19.4 Å². The van der Waals surface area contributed by atoms with Gasteiger partial charge in [0.15, 0.2) is 5.03 Å². The number of piperidine rings is 1. The second-order valence-electron chi connectivity index (χ2n) is 6.64. The number of nitrogens with zero attached hydrogens (tertiary/aromatic N) is 3. The van der Waals surface area contributed by atoms with E-state index in [1.165, 1.54) is 31.0 Å². The van der Waals surface area contributed by atoms with Gasteiger partial charge in [-0.25, -0.2) is 13.4 Å². The van der Waals surface area contributed by atoms with Crippen LogP contribution in [0.5, 0.6) is 11.5 Å². The number of sulfonamides is 1. The number of aryl methyl sites for hydroxylation is 1. The third-order valence-electron chi connectivity index (χ3n) is 4.70. The Morgan fingerprint density at radius 3 is 2.71 bits per heavy atom. The van der Waals surface area contributed by atoms with Crippen molar-refractivity contribution in [2.24, 2.45) is 13.0 Å². The van der Waals surface area contributed by atoms with Gasteiger partial charge >= 0.3 is 0 Å². The van der Waals surface area contributed by atoms with Crippen molar-refractivity contribution in [2.45, 2.75) is 17.9 Å².